The molecule has 0 radical (unpaired) electrons. The highest BCUT2D eigenvalue weighted by molar-refractivity contribution is 7.85. The largest absolute Gasteiger partial charge is 0.490 e. The molecule has 1 atom stereocenters. The van der Waals surface area contributed by atoms with Crippen molar-refractivity contribution in [3.05, 3.63) is 36.4 Å². The topological polar surface area (TPSA) is 26.3 Å². The van der Waals surface area contributed by atoms with Gasteiger partial charge in [-0.1, -0.05) is 25.6 Å². The van der Waals surface area contributed by atoms with Crippen LogP contribution in [0.25, 0.3) is 0 Å². The van der Waals surface area contributed by atoms with Crippen molar-refractivity contribution in [2.45, 2.75) is 25.2 Å². The number of rotatable bonds is 6. The highest BCUT2D eigenvalue weighted by Gasteiger charge is 2.07. The fourth-order valence-electron chi connectivity index (χ4n) is 1.37. The molecule has 1 rings (SSSR count). The van der Waals surface area contributed by atoms with Gasteiger partial charge in [0, 0.05) is 10.6 Å². The van der Waals surface area contributed by atoms with E-state index in [-0.39, 0.29) is 0 Å². The van der Waals surface area contributed by atoms with Crippen molar-refractivity contribution in [1.82, 2.24) is 0 Å². The van der Waals surface area contributed by atoms with Gasteiger partial charge in [-0.15, -0.1) is 0 Å². The summed E-state index contributed by atoms with van der Waals surface area (Å²) in [5.41, 5.74) is 1.05. The molecule has 0 aliphatic heterocycles. The molecule has 88 valence electrons. The maximum atomic E-state index is 11.9. The number of hydrogen-bond acceptors (Lipinski definition) is 2. The predicted octanol–water partition coefficient (Wildman–Crippen LogP) is 3.08. The van der Waals surface area contributed by atoms with Crippen LogP contribution in [-0.4, -0.2) is 16.6 Å². The number of hydrogen-bond donors (Lipinski definition) is 0. The lowest BCUT2D eigenvalue weighted by molar-refractivity contribution is 0.362. The number of benzene rings is 1. The smallest absolute Gasteiger partial charge is 0.121 e. The zero-order valence-electron chi connectivity index (χ0n) is 9.86. The third-order valence-electron chi connectivity index (χ3n) is 2.16. The molecule has 0 bridgehead atoms. The molecule has 0 saturated heterocycles. The van der Waals surface area contributed by atoms with E-state index in [9.17, 15) is 4.21 Å². The Balaban J connectivity index is 2.89. The number of ether oxygens (including phenoxy) is 1. The molecule has 1 unspecified atom stereocenters. The van der Waals surface area contributed by atoms with Gasteiger partial charge in [0.2, 0.25) is 0 Å². The molecule has 3 heteroatoms. The van der Waals surface area contributed by atoms with E-state index < -0.39 is 10.8 Å². The highest BCUT2D eigenvalue weighted by atomic mass is 32.2. The molecule has 0 aliphatic carbocycles. The SMILES string of the molecule is C=CCOc1ccc(C)c(S(=O)CCC)c1. The first-order valence-corrected chi connectivity index (χ1v) is 6.73. The Morgan fingerprint density at radius 2 is 2.25 bits per heavy atom. The maximum Gasteiger partial charge on any atom is 0.121 e. The van der Waals surface area contributed by atoms with Crippen LogP contribution in [0.2, 0.25) is 0 Å². The van der Waals surface area contributed by atoms with Gasteiger partial charge in [0.15, 0.2) is 0 Å². The minimum atomic E-state index is -0.917. The van der Waals surface area contributed by atoms with Crippen molar-refractivity contribution in [2.75, 3.05) is 12.4 Å². The second kappa shape index (κ2) is 6.48. The Morgan fingerprint density at radius 1 is 1.50 bits per heavy atom. The zero-order chi connectivity index (χ0) is 12.0. The first kappa shape index (κ1) is 13.0. The molecule has 0 aliphatic rings. The lowest BCUT2D eigenvalue weighted by Crippen LogP contribution is -2.01. The molecule has 0 amide bonds. The molecule has 16 heavy (non-hydrogen) atoms. The van der Waals surface area contributed by atoms with E-state index in [1.807, 2.05) is 32.0 Å². The second-order valence-electron chi connectivity index (χ2n) is 3.58. The zero-order valence-corrected chi connectivity index (χ0v) is 10.7. The van der Waals surface area contributed by atoms with Crippen LogP contribution in [0.1, 0.15) is 18.9 Å². The molecule has 0 fully saturated rings. The fraction of sp³-hybridized carbons (Fsp3) is 0.385. The van der Waals surface area contributed by atoms with Gasteiger partial charge in [-0.25, -0.2) is 0 Å². The van der Waals surface area contributed by atoms with Crippen LogP contribution in [0.3, 0.4) is 0 Å². The molecule has 0 aromatic heterocycles. The Morgan fingerprint density at radius 3 is 2.88 bits per heavy atom. The molecular weight excluding hydrogens is 220 g/mol. The summed E-state index contributed by atoms with van der Waals surface area (Å²) in [6.45, 7) is 8.08. The summed E-state index contributed by atoms with van der Waals surface area (Å²) >= 11 is 0. The molecule has 0 heterocycles. The molecule has 1 aromatic rings. The van der Waals surface area contributed by atoms with Gasteiger partial charge in [-0.2, -0.15) is 0 Å². The van der Waals surface area contributed by atoms with Crippen molar-refractivity contribution in [2.24, 2.45) is 0 Å². The van der Waals surface area contributed by atoms with Crippen LogP contribution in [0, 0.1) is 6.92 Å². The summed E-state index contributed by atoms with van der Waals surface area (Å²) in [5, 5.41) is 0. The van der Waals surface area contributed by atoms with Crippen LogP contribution in [0.5, 0.6) is 5.75 Å². The average molecular weight is 238 g/mol. The van der Waals surface area contributed by atoms with E-state index in [0.717, 1.165) is 22.6 Å². The van der Waals surface area contributed by atoms with E-state index in [1.54, 1.807) is 6.08 Å². The highest BCUT2D eigenvalue weighted by Crippen LogP contribution is 2.21. The standard InChI is InChI=1S/C13H18O2S/c1-4-8-15-12-7-6-11(3)13(10-12)16(14)9-5-2/h4,6-7,10H,1,5,8-9H2,2-3H3. The maximum absolute atomic E-state index is 11.9. The first-order valence-electron chi connectivity index (χ1n) is 5.41. The van der Waals surface area contributed by atoms with Crippen molar-refractivity contribution in [1.29, 1.82) is 0 Å². The molecule has 0 spiro atoms. The number of aryl methyl sites for hydroxylation is 1. The summed E-state index contributed by atoms with van der Waals surface area (Å²) in [4.78, 5) is 0.878. The van der Waals surface area contributed by atoms with Gasteiger partial charge in [0.1, 0.15) is 12.4 Å². The molecular formula is C13H18O2S. The van der Waals surface area contributed by atoms with Crippen LogP contribution in [0.15, 0.2) is 35.7 Å². The van der Waals surface area contributed by atoms with Crippen LogP contribution < -0.4 is 4.74 Å². The van der Waals surface area contributed by atoms with E-state index in [1.165, 1.54) is 0 Å². The normalized spacial score (nSPS) is 12.1. The van der Waals surface area contributed by atoms with E-state index in [4.69, 9.17) is 4.74 Å². The Bertz CT molecular complexity index is 386. The van der Waals surface area contributed by atoms with E-state index >= 15 is 0 Å². The molecule has 0 N–H and O–H groups in total. The summed E-state index contributed by atoms with van der Waals surface area (Å²) in [5.74, 6) is 1.45. The molecule has 1 aromatic carbocycles. The third kappa shape index (κ3) is 3.49. The van der Waals surface area contributed by atoms with E-state index in [2.05, 4.69) is 6.58 Å². The van der Waals surface area contributed by atoms with Crippen LogP contribution >= 0.6 is 0 Å². The fourth-order valence-corrected chi connectivity index (χ4v) is 2.63. The third-order valence-corrected chi connectivity index (χ3v) is 3.87. The first-order chi connectivity index (χ1) is 7.69. The Labute approximate surface area is 99.8 Å². The van der Waals surface area contributed by atoms with E-state index in [0.29, 0.717) is 12.4 Å². The molecule has 0 saturated carbocycles. The lowest BCUT2D eigenvalue weighted by atomic mass is 10.2. The van der Waals surface area contributed by atoms with Gasteiger partial charge < -0.3 is 4.74 Å². The predicted molar refractivity (Wildman–Crippen MR) is 68.4 cm³/mol. The molecule has 2 nitrogen and oxygen atoms in total. The summed E-state index contributed by atoms with van der Waals surface area (Å²) in [7, 11) is -0.917. The monoisotopic (exact) mass is 238 g/mol. The Hall–Kier alpha value is -1.09. The van der Waals surface area contributed by atoms with Gasteiger partial charge >= 0.3 is 0 Å². The average Bonchev–Trinajstić information content (AvgIpc) is 2.28. The second-order valence-corrected chi connectivity index (χ2v) is 5.12. The van der Waals surface area contributed by atoms with Gasteiger partial charge in [-0.3, -0.25) is 4.21 Å². The van der Waals surface area contributed by atoms with Crippen LogP contribution in [-0.2, 0) is 10.8 Å². The lowest BCUT2D eigenvalue weighted by Gasteiger charge is -2.08. The van der Waals surface area contributed by atoms with Crippen molar-refractivity contribution in [3.63, 3.8) is 0 Å². The van der Waals surface area contributed by atoms with Crippen molar-refractivity contribution < 1.29 is 8.95 Å². The Kier molecular flexibility index (Phi) is 5.26. The van der Waals surface area contributed by atoms with Crippen LogP contribution in [0.4, 0.5) is 0 Å². The minimum Gasteiger partial charge on any atom is -0.490 e. The van der Waals surface area contributed by atoms with Gasteiger partial charge in [-0.05, 0) is 31.0 Å². The summed E-state index contributed by atoms with van der Waals surface area (Å²) in [6, 6.07) is 5.71. The quantitative estimate of drug-likeness (QED) is 0.712. The van der Waals surface area contributed by atoms with Gasteiger partial charge in [0.05, 0.1) is 10.8 Å². The van der Waals surface area contributed by atoms with Crippen molar-refractivity contribution >= 4 is 10.8 Å². The van der Waals surface area contributed by atoms with Crippen molar-refractivity contribution in [3.8, 4) is 5.75 Å². The summed E-state index contributed by atoms with van der Waals surface area (Å²) in [6.07, 6.45) is 2.62. The van der Waals surface area contributed by atoms with Gasteiger partial charge in [0.25, 0.3) is 0 Å². The summed E-state index contributed by atoms with van der Waals surface area (Å²) < 4.78 is 17.4. The minimum absolute atomic E-state index is 0.475.